The van der Waals surface area contributed by atoms with E-state index >= 15 is 0 Å². The highest BCUT2D eigenvalue weighted by Crippen LogP contribution is 2.23. The van der Waals surface area contributed by atoms with Gasteiger partial charge in [0.25, 0.3) is 5.91 Å². The Bertz CT molecular complexity index is 603. The van der Waals surface area contributed by atoms with E-state index in [1.54, 1.807) is 11.3 Å². The zero-order valence-electron chi connectivity index (χ0n) is 11.7. The monoisotopic (exact) mass is 285 g/mol. The van der Waals surface area contributed by atoms with Gasteiger partial charge in [0.1, 0.15) is 0 Å². The number of rotatable bonds is 3. The molecule has 0 fully saturated rings. The second-order valence-corrected chi connectivity index (χ2v) is 6.38. The topological polar surface area (TPSA) is 29.1 Å². The van der Waals surface area contributed by atoms with Crippen LogP contribution in [0.2, 0.25) is 0 Å². The maximum Gasteiger partial charge on any atom is 0.251 e. The Morgan fingerprint density at radius 2 is 2.00 bits per heavy atom. The van der Waals surface area contributed by atoms with Crippen LogP contribution >= 0.6 is 11.3 Å². The molecule has 1 aliphatic rings. The van der Waals surface area contributed by atoms with E-state index in [9.17, 15) is 4.79 Å². The highest BCUT2D eigenvalue weighted by atomic mass is 32.1. The molecule has 0 aliphatic heterocycles. The number of aryl methyl sites for hydroxylation is 2. The van der Waals surface area contributed by atoms with E-state index in [1.165, 1.54) is 28.8 Å². The van der Waals surface area contributed by atoms with E-state index < -0.39 is 0 Å². The molecule has 1 heterocycles. The number of hydrogen-bond acceptors (Lipinski definition) is 2. The Morgan fingerprint density at radius 1 is 1.20 bits per heavy atom. The zero-order valence-corrected chi connectivity index (χ0v) is 12.5. The molecule has 0 bridgehead atoms. The number of fused-ring (bicyclic) bond motifs is 1. The van der Waals surface area contributed by atoms with E-state index in [1.807, 2.05) is 24.4 Å². The van der Waals surface area contributed by atoms with Crippen LogP contribution in [0.4, 0.5) is 0 Å². The number of carbonyl (C=O) groups excluding carboxylic acids is 1. The van der Waals surface area contributed by atoms with Crippen LogP contribution < -0.4 is 5.32 Å². The van der Waals surface area contributed by atoms with Gasteiger partial charge in [-0.05, 0) is 67.3 Å². The molecule has 0 spiro atoms. The molecule has 1 atom stereocenters. The van der Waals surface area contributed by atoms with Crippen LogP contribution in [0, 0.1) is 0 Å². The molecule has 0 unspecified atom stereocenters. The van der Waals surface area contributed by atoms with Crippen LogP contribution in [-0.2, 0) is 12.8 Å². The van der Waals surface area contributed by atoms with E-state index in [0.29, 0.717) is 0 Å². The summed E-state index contributed by atoms with van der Waals surface area (Å²) in [5.74, 6) is 0.0271. The zero-order chi connectivity index (χ0) is 13.9. The first kappa shape index (κ1) is 13.4. The molecule has 1 aliphatic carbocycles. The standard InChI is InChI=1S/C17H19NOS/c1-12(16-7-4-10-20-16)18-17(19)15-9-8-13-5-2-3-6-14(13)11-15/h4,7-12H,2-3,5-6H2,1H3,(H,18,19)/t12-/m0/s1. The lowest BCUT2D eigenvalue weighted by Crippen LogP contribution is -2.26. The molecule has 2 nitrogen and oxygen atoms in total. The van der Waals surface area contributed by atoms with Gasteiger partial charge in [0.05, 0.1) is 6.04 Å². The Balaban J connectivity index is 1.74. The molecule has 3 heteroatoms. The van der Waals surface area contributed by atoms with Crippen LogP contribution in [0.5, 0.6) is 0 Å². The summed E-state index contributed by atoms with van der Waals surface area (Å²) in [4.78, 5) is 13.5. The van der Waals surface area contributed by atoms with Crippen LogP contribution in [-0.4, -0.2) is 5.91 Å². The van der Waals surface area contributed by atoms with Crippen molar-refractivity contribution in [1.29, 1.82) is 0 Å². The average molecular weight is 285 g/mol. The molecule has 104 valence electrons. The summed E-state index contributed by atoms with van der Waals surface area (Å²) < 4.78 is 0. The third-order valence-corrected chi connectivity index (χ3v) is 4.98. The lowest BCUT2D eigenvalue weighted by atomic mass is 9.90. The first-order valence-corrected chi connectivity index (χ1v) is 8.08. The Labute approximate surface area is 123 Å². The molecular weight excluding hydrogens is 266 g/mol. The van der Waals surface area contributed by atoms with Gasteiger partial charge in [-0.3, -0.25) is 4.79 Å². The second kappa shape index (κ2) is 5.80. The molecule has 1 aromatic carbocycles. The smallest absolute Gasteiger partial charge is 0.251 e. The predicted octanol–water partition coefficient (Wildman–Crippen LogP) is 4.12. The van der Waals surface area contributed by atoms with Crippen molar-refractivity contribution in [3.8, 4) is 0 Å². The molecule has 0 saturated carbocycles. The fraction of sp³-hybridized carbons (Fsp3) is 0.353. The van der Waals surface area contributed by atoms with Gasteiger partial charge in [-0.25, -0.2) is 0 Å². The summed E-state index contributed by atoms with van der Waals surface area (Å²) >= 11 is 1.68. The first-order valence-electron chi connectivity index (χ1n) is 7.20. The molecule has 3 rings (SSSR count). The molecule has 0 radical (unpaired) electrons. The molecule has 20 heavy (non-hydrogen) atoms. The van der Waals surface area contributed by atoms with Gasteiger partial charge >= 0.3 is 0 Å². The molecule has 1 aromatic heterocycles. The summed E-state index contributed by atoms with van der Waals surface area (Å²) in [7, 11) is 0. The van der Waals surface area contributed by atoms with Crippen molar-refractivity contribution in [2.45, 2.75) is 38.6 Å². The van der Waals surface area contributed by atoms with Crippen molar-refractivity contribution in [1.82, 2.24) is 5.32 Å². The summed E-state index contributed by atoms with van der Waals surface area (Å²) in [5, 5.41) is 5.12. The quantitative estimate of drug-likeness (QED) is 0.903. The molecule has 1 N–H and O–H groups in total. The lowest BCUT2D eigenvalue weighted by molar-refractivity contribution is 0.0940. The summed E-state index contributed by atoms with van der Waals surface area (Å²) in [6.45, 7) is 2.03. The van der Waals surface area contributed by atoms with Crippen molar-refractivity contribution >= 4 is 17.2 Å². The number of nitrogens with one attached hydrogen (secondary N) is 1. The minimum atomic E-state index is 0.0271. The minimum Gasteiger partial charge on any atom is -0.345 e. The van der Waals surface area contributed by atoms with Crippen LogP contribution in [0.15, 0.2) is 35.7 Å². The molecule has 2 aromatic rings. The number of benzene rings is 1. The molecule has 1 amide bonds. The molecular formula is C17H19NOS. The van der Waals surface area contributed by atoms with E-state index in [0.717, 1.165) is 18.4 Å². The fourth-order valence-electron chi connectivity index (χ4n) is 2.76. The van der Waals surface area contributed by atoms with Gasteiger partial charge in [-0.1, -0.05) is 12.1 Å². The predicted molar refractivity (Wildman–Crippen MR) is 83.3 cm³/mol. The van der Waals surface area contributed by atoms with Gasteiger partial charge in [-0.15, -0.1) is 11.3 Å². The third kappa shape index (κ3) is 2.78. The second-order valence-electron chi connectivity index (χ2n) is 5.40. The van der Waals surface area contributed by atoms with E-state index in [4.69, 9.17) is 0 Å². The van der Waals surface area contributed by atoms with Crippen LogP contribution in [0.1, 0.15) is 52.2 Å². The Morgan fingerprint density at radius 3 is 2.75 bits per heavy atom. The van der Waals surface area contributed by atoms with Gasteiger partial charge in [0.2, 0.25) is 0 Å². The average Bonchev–Trinajstić information content (AvgIpc) is 3.01. The fourth-order valence-corrected chi connectivity index (χ4v) is 3.50. The van der Waals surface area contributed by atoms with E-state index in [-0.39, 0.29) is 11.9 Å². The maximum atomic E-state index is 12.3. The van der Waals surface area contributed by atoms with Gasteiger partial charge in [-0.2, -0.15) is 0 Å². The number of thiophene rings is 1. The van der Waals surface area contributed by atoms with Crippen molar-refractivity contribution < 1.29 is 4.79 Å². The minimum absolute atomic E-state index is 0.0271. The van der Waals surface area contributed by atoms with Crippen LogP contribution in [0.3, 0.4) is 0 Å². The Hall–Kier alpha value is -1.61. The Kier molecular flexibility index (Phi) is 3.88. The normalized spacial score (nSPS) is 15.4. The maximum absolute atomic E-state index is 12.3. The number of hydrogen-bond donors (Lipinski definition) is 1. The number of amides is 1. The van der Waals surface area contributed by atoms with Crippen molar-refractivity contribution in [2.75, 3.05) is 0 Å². The largest absolute Gasteiger partial charge is 0.345 e. The van der Waals surface area contributed by atoms with Gasteiger partial charge < -0.3 is 5.32 Å². The number of carbonyl (C=O) groups is 1. The highest BCUT2D eigenvalue weighted by molar-refractivity contribution is 7.10. The van der Waals surface area contributed by atoms with Crippen LogP contribution in [0.25, 0.3) is 0 Å². The third-order valence-electron chi connectivity index (χ3n) is 3.93. The summed E-state index contributed by atoms with van der Waals surface area (Å²) in [5.41, 5.74) is 3.56. The summed E-state index contributed by atoms with van der Waals surface area (Å²) in [6.07, 6.45) is 4.78. The first-order chi connectivity index (χ1) is 9.74. The SMILES string of the molecule is C[C@H](NC(=O)c1ccc2c(c1)CCCC2)c1cccs1. The van der Waals surface area contributed by atoms with Crippen molar-refractivity contribution in [3.05, 3.63) is 57.3 Å². The van der Waals surface area contributed by atoms with Gasteiger partial charge in [0, 0.05) is 10.4 Å². The highest BCUT2D eigenvalue weighted by Gasteiger charge is 2.15. The van der Waals surface area contributed by atoms with E-state index in [2.05, 4.69) is 23.5 Å². The lowest BCUT2D eigenvalue weighted by Gasteiger charge is -2.17. The van der Waals surface area contributed by atoms with Crippen molar-refractivity contribution in [2.24, 2.45) is 0 Å². The van der Waals surface area contributed by atoms with Crippen molar-refractivity contribution in [3.63, 3.8) is 0 Å². The summed E-state index contributed by atoms with van der Waals surface area (Å²) in [6, 6.07) is 10.3. The molecule has 0 saturated heterocycles. The van der Waals surface area contributed by atoms with Gasteiger partial charge in [0.15, 0.2) is 0 Å².